The summed E-state index contributed by atoms with van der Waals surface area (Å²) in [6.07, 6.45) is 7.75. The summed E-state index contributed by atoms with van der Waals surface area (Å²) in [5.41, 5.74) is 1.01. The second-order valence-corrected chi connectivity index (χ2v) is 9.79. The predicted molar refractivity (Wildman–Crippen MR) is 139 cm³/mol. The van der Waals surface area contributed by atoms with Gasteiger partial charge in [0.2, 0.25) is 11.8 Å². The monoisotopic (exact) mass is 522 g/mol. The third kappa shape index (κ3) is 7.02. The molecule has 2 unspecified atom stereocenters. The zero-order chi connectivity index (χ0) is 27.1. The fourth-order valence-electron chi connectivity index (χ4n) is 5.00. The zero-order valence-electron chi connectivity index (χ0n) is 21.0. The molecule has 1 aliphatic heterocycles. The van der Waals surface area contributed by atoms with E-state index in [9.17, 15) is 28.9 Å². The van der Waals surface area contributed by atoms with E-state index >= 15 is 0 Å². The molecule has 10 heteroatoms. The molecule has 2 N–H and O–H groups in total. The number of amides is 3. The summed E-state index contributed by atoms with van der Waals surface area (Å²) in [7, 11) is 0. The van der Waals surface area contributed by atoms with Crippen LogP contribution >= 0.6 is 0 Å². The molecule has 1 aliphatic carbocycles. The summed E-state index contributed by atoms with van der Waals surface area (Å²) in [5, 5.41) is 16.9. The molecule has 3 amide bonds. The second-order valence-electron chi connectivity index (χ2n) is 9.79. The minimum absolute atomic E-state index is 0.0198. The Labute approximate surface area is 220 Å². The number of nitro groups is 1. The molecule has 0 spiro atoms. The smallest absolute Gasteiger partial charge is 0.269 e. The molecular formula is C28H31FN4O5. The number of nitro benzene ring substituents is 1. The van der Waals surface area contributed by atoms with Crippen molar-refractivity contribution in [3.05, 3.63) is 81.7 Å². The average Bonchev–Trinajstić information content (AvgIpc) is 2.93. The number of piperidine rings is 1. The first kappa shape index (κ1) is 27.0. The minimum atomic E-state index is -0.480. The van der Waals surface area contributed by atoms with Gasteiger partial charge in [-0.1, -0.05) is 12.8 Å². The Morgan fingerprint density at radius 3 is 2.24 bits per heavy atom. The lowest BCUT2D eigenvalue weighted by molar-refractivity contribution is -0.384. The molecule has 0 aromatic heterocycles. The molecule has 2 fully saturated rings. The molecular weight excluding hydrogens is 491 g/mol. The third-order valence-corrected chi connectivity index (χ3v) is 7.14. The van der Waals surface area contributed by atoms with Crippen molar-refractivity contribution in [1.82, 2.24) is 15.5 Å². The summed E-state index contributed by atoms with van der Waals surface area (Å²) < 4.78 is 13.2. The number of benzene rings is 2. The normalized spacial score (nSPS) is 21.6. The van der Waals surface area contributed by atoms with E-state index in [0.29, 0.717) is 37.1 Å². The van der Waals surface area contributed by atoms with E-state index in [1.807, 2.05) is 0 Å². The van der Waals surface area contributed by atoms with Crippen molar-refractivity contribution >= 4 is 29.5 Å². The fourth-order valence-corrected chi connectivity index (χ4v) is 5.00. The highest BCUT2D eigenvalue weighted by Crippen LogP contribution is 2.22. The number of carbonyl (C=O) groups is 3. The number of nitrogens with one attached hydrogen (secondary N) is 2. The van der Waals surface area contributed by atoms with E-state index in [4.69, 9.17) is 0 Å². The van der Waals surface area contributed by atoms with Crippen LogP contribution in [0.4, 0.5) is 10.1 Å². The van der Waals surface area contributed by atoms with Crippen LogP contribution in [0.1, 0.15) is 54.4 Å². The van der Waals surface area contributed by atoms with Gasteiger partial charge >= 0.3 is 0 Å². The van der Waals surface area contributed by atoms with Gasteiger partial charge in [0.25, 0.3) is 11.6 Å². The SMILES string of the molecule is O=C(N[C@@H]1CCCCC1NC(=O)C1CCCN(C(=O)/C=C/c2ccc([N+](=O)[O-])cc2)C1)c1ccc(F)cc1. The fraction of sp³-hybridized carbons (Fsp3) is 0.393. The molecule has 4 rings (SSSR count). The van der Waals surface area contributed by atoms with Gasteiger partial charge in [0, 0.05) is 48.9 Å². The largest absolute Gasteiger partial charge is 0.351 e. The summed E-state index contributed by atoms with van der Waals surface area (Å²) in [6.45, 7) is 0.849. The molecule has 0 radical (unpaired) electrons. The molecule has 9 nitrogen and oxygen atoms in total. The van der Waals surface area contributed by atoms with Crippen LogP contribution in [0.3, 0.4) is 0 Å². The number of carbonyl (C=O) groups excluding carboxylic acids is 3. The predicted octanol–water partition coefficient (Wildman–Crippen LogP) is 3.84. The molecule has 1 saturated carbocycles. The number of hydrogen-bond donors (Lipinski definition) is 2. The number of likely N-dealkylation sites (tertiary alicyclic amines) is 1. The highest BCUT2D eigenvalue weighted by molar-refractivity contribution is 5.94. The lowest BCUT2D eigenvalue weighted by Crippen LogP contribution is -2.55. The van der Waals surface area contributed by atoms with E-state index in [1.165, 1.54) is 42.5 Å². The van der Waals surface area contributed by atoms with E-state index in [-0.39, 0.29) is 41.4 Å². The maximum Gasteiger partial charge on any atom is 0.269 e. The van der Waals surface area contributed by atoms with Crippen LogP contribution in [0.2, 0.25) is 0 Å². The van der Waals surface area contributed by atoms with Gasteiger partial charge in [0.15, 0.2) is 0 Å². The highest BCUT2D eigenvalue weighted by Gasteiger charge is 2.32. The molecule has 2 aromatic rings. The van der Waals surface area contributed by atoms with Crippen LogP contribution in [0.15, 0.2) is 54.6 Å². The first-order chi connectivity index (χ1) is 18.3. The third-order valence-electron chi connectivity index (χ3n) is 7.14. The van der Waals surface area contributed by atoms with Crippen molar-refractivity contribution in [3.8, 4) is 0 Å². The number of halogens is 1. The van der Waals surface area contributed by atoms with Crippen LogP contribution in [0, 0.1) is 21.8 Å². The van der Waals surface area contributed by atoms with Gasteiger partial charge in [0.1, 0.15) is 5.82 Å². The molecule has 1 saturated heterocycles. The van der Waals surface area contributed by atoms with Crippen molar-refractivity contribution in [2.75, 3.05) is 13.1 Å². The number of rotatable bonds is 7. The van der Waals surface area contributed by atoms with E-state index in [1.54, 1.807) is 23.1 Å². The highest BCUT2D eigenvalue weighted by atomic mass is 19.1. The van der Waals surface area contributed by atoms with Crippen molar-refractivity contribution in [2.24, 2.45) is 5.92 Å². The maximum atomic E-state index is 13.2. The summed E-state index contributed by atoms with van der Waals surface area (Å²) >= 11 is 0. The van der Waals surface area contributed by atoms with Crippen LogP contribution in [-0.4, -0.2) is 52.7 Å². The summed E-state index contributed by atoms with van der Waals surface area (Å²) in [4.78, 5) is 50.5. The second kappa shape index (κ2) is 12.4. The molecule has 1 heterocycles. The van der Waals surface area contributed by atoms with Crippen LogP contribution in [-0.2, 0) is 9.59 Å². The van der Waals surface area contributed by atoms with Crippen LogP contribution in [0.25, 0.3) is 6.08 Å². The van der Waals surface area contributed by atoms with Gasteiger partial charge in [-0.2, -0.15) is 0 Å². The van der Waals surface area contributed by atoms with E-state index in [0.717, 1.165) is 25.7 Å². The molecule has 0 bridgehead atoms. The first-order valence-corrected chi connectivity index (χ1v) is 12.9. The van der Waals surface area contributed by atoms with E-state index in [2.05, 4.69) is 10.6 Å². The summed E-state index contributed by atoms with van der Waals surface area (Å²) in [5.74, 6) is -1.41. The number of nitrogens with zero attached hydrogens (tertiary/aromatic N) is 2. The van der Waals surface area contributed by atoms with Crippen LogP contribution < -0.4 is 10.6 Å². The van der Waals surface area contributed by atoms with Gasteiger partial charge < -0.3 is 15.5 Å². The van der Waals surface area contributed by atoms with Gasteiger partial charge in [-0.25, -0.2) is 4.39 Å². The Hall–Kier alpha value is -4.08. The Kier molecular flexibility index (Phi) is 8.83. The number of hydrogen-bond acceptors (Lipinski definition) is 5. The Morgan fingerprint density at radius 1 is 0.921 bits per heavy atom. The van der Waals surface area contributed by atoms with Crippen molar-refractivity contribution in [1.29, 1.82) is 0 Å². The zero-order valence-corrected chi connectivity index (χ0v) is 21.0. The minimum Gasteiger partial charge on any atom is -0.351 e. The molecule has 3 atom stereocenters. The Bertz CT molecular complexity index is 1200. The quantitative estimate of drug-likeness (QED) is 0.325. The van der Waals surface area contributed by atoms with Gasteiger partial charge in [-0.15, -0.1) is 0 Å². The number of non-ortho nitro benzene ring substituents is 1. The van der Waals surface area contributed by atoms with Crippen molar-refractivity contribution < 1.29 is 23.7 Å². The van der Waals surface area contributed by atoms with Crippen molar-refractivity contribution in [2.45, 2.75) is 50.6 Å². The molecule has 2 aliphatic rings. The molecule has 200 valence electrons. The topological polar surface area (TPSA) is 122 Å². The maximum absolute atomic E-state index is 13.2. The van der Waals surface area contributed by atoms with Gasteiger partial charge in [-0.05, 0) is 73.7 Å². The van der Waals surface area contributed by atoms with Crippen molar-refractivity contribution in [3.63, 3.8) is 0 Å². The Balaban J connectivity index is 1.32. The molecule has 38 heavy (non-hydrogen) atoms. The lowest BCUT2D eigenvalue weighted by atomic mass is 9.88. The first-order valence-electron chi connectivity index (χ1n) is 12.9. The standard InChI is InChI=1S/C28H31FN4O5/c29-22-12-10-20(11-13-22)27(35)30-24-5-1-2-6-25(24)31-28(36)21-4-3-17-32(18-21)26(34)16-9-19-7-14-23(15-8-19)33(37)38/h7-16,21,24-25H,1-6,17-18H2,(H,30,35)(H,31,36)/b16-9+/t21?,24-,25?/m1/s1. The van der Waals surface area contributed by atoms with Gasteiger partial charge in [0.05, 0.1) is 10.8 Å². The lowest BCUT2D eigenvalue weighted by Gasteiger charge is -2.36. The average molecular weight is 523 g/mol. The van der Waals surface area contributed by atoms with E-state index < -0.39 is 10.7 Å². The molecule has 2 aromatic carbocycles. The Morgan fingerprint density at radius 2 is 1.58 bits per heavy atom. The van der Waals surface area contributed by atoms with Gasteiger partial charge in [-0.3, -0.25) is 24.5 Å². The summed E-state index contributed by atoms with van der Waals surface area (Å²) in [6, 6.07) is 10.8. The van der Waals surface area contributed by atoms with Crippen LogP contribution in [0.5, 0.6) is 0 Å².